The monoisotopic (exact) mass is 358 g/mol. The van der Waals surface area contributed by atoms with Crippen LogP contribution in [0.5, 0.6) is 0 Å². The van der Waals surface area contributed by atoms with Crippen molar-refractivity contribution in [1.82, 2.24) is 10.2 Å². The van der Waals surface area contributed by atoms with E-state index in [2.05, 4.69) is 11.4 Å². The van der Waals surface area contributed by atoms with Crippen LogP contribution in [-0.4, -0.2) is 36.3 Å². The number of carbonyl (C=O) groups excluding carboxylic acids is 2. The van der Waals surface area contributed by atoms with Gasteiger partial charge in [-0.05, 0) is 69.2 Å². The molecular formula is C21H27FN2O2. The van der Waals surface area contributed by atoms with Crippen molar-refractivity contribution in [2.24, 2.45) is 5.92 Å². The lowest BCUT2D eigenvalue weighted by molar-refractivity contribution is -0.126. The van der Waals surface area contributed by atoms with Gasteiger partial charge in [0.15, 0.2) is 0 Å². The van der Waals surface area contributed by atoms with Crippen molar-refractivity contribution in [2.75, 3.05) is 19.6 Å². The minimum absolute atomic E-state index is 0.0398. The van der Waals surface area contributed by atoms with Gasteiger partial charge >= 0.3 is 0 Å². The van der Waals surface area contributed by atoms with Crippen LogP contribution in [0.1, 0.15) is 55.3 Å². The van der Waals surface area contributed by atoms with Crippen molar-refractivity contribution in [3.05, 3.63) is 47.3 Å². The minimum Gasteiger partial charge on any atom is -0.355 e. The predicted octanol–water partition coefficient (Wildman–Crippen LogP) is 3.68. The molecule has 1 saturated heterocycles. The van der Waals surface area contributed by atoms with Crippen LogP contribution in [0.4, 0.5) is 4.39 Å². The number of allylic oxidation sites excluding steroid dienone is 1. The summed E-state index contributed by atoms with van der Waals surface area (Å²) in [6.45, 7) is 1.75. The van der Waals surface area contributed by atoms with Gasteiger partial charge in [-0.15, -0.1) is 0 Å². The number of benzene rings is 1. The van der Waals surface area contributed by atoms with Crippen molar-refractivity contribution >= 4 is 11.8 Å². The van der Waals surface area contributed by atoms with E-state index in [0.717, 1.165) is 32.1 Å². The molecule has 1 fully saturated rings. The molecule has 1 N–H and O–H groups in total. The van der Waals surface area contributed by atoms with E-state index in [1.807, 2.05) is 0 Å². The van der Waals surface area contributed by atoms with E-state index in [0.29, 0.717) is 25.2 Å². The second-order valence-corrected chi connectivity index (χ2v) is 7.25. The van der Waals surface area contributed by atoms with Gasteiger partial charge in [-0.3, -0.25) is 9.59 Å². The fourth-order valence-electron chi connectivity index (χ4n) is 3.77. The molecule has 4 nitrogen and oxygen atoms in total. The van der Waals surface area contributed by atoms with E-state index >= 15 is 0 Å². The average Bonchev–Trinajstić information content (AvgIpc) is 2.69. The third kappa shape index (κ3) is 4.93. The SMILES string of the molecule is O=C(NCCC1=CCCCC1)C1CCCN(C(=O)c2ccc(F)cc2)C1. The largest absolute Gasteiger partial charge is 0.355 e. The van der Waals surface area contributed by atoms with E-state index in [1.165, 1.54) is 42.7 Å². The Morgan fingerprint density at radius 3 is 2.69 bits per heavy atom. The summed E-state index contributed by atoms with van der Waals surface area (Å²) >= 11 is 0. The van der Waals surface area contributed by atoms with E-state index in [-0.39, 0.29) is 23.5 Å². The van der Waals surface area contributed by atoms with E-state index in [9.17, 15) is 14.0 Å². The van der Waals surface area contributed by atoms with Crippen LogP contribution in [0.3, 0.4) is 0 Å². The standard InChI is InChI=1S/C21H27FN2O2/c22-19-10-8-17(9-11-19)21(26)24-14-4-7-18(15-24)20(25)23-13-12-16-5-2-1-3-6-16/h5,8-11,18H,1-4,6-7,12-15H2,(H,23,25). The van der Waals surface area contributed by atoms with Gasteiger partial charge in [0.25, 0.3) is 5.91 Å². The van der Waals surface area contributed by atoms with Crippen molar-refractivity contribution in [3.63, 3.8) is 0 Å². The number of nitrogens with one attached hydrogen (secondary N) is 1. The molecule has 1 unspecified atom stereocenters. The van der Waals surface area contributed by atoms with Crippen molar-refractivity contribution < 1.29 is 14.0 Å². The molecule has 0 spiro atoms. The van der Waals surface area contributed by atoms with Crippen LogP contribution in [0.25, 0.3) is 0 Å². The lowest BCUT2D eigenvalue weighted by Gasteiger charge is -2.32. The maximum atomic E-state index is 13.0. The predicted molar refractivity (Wildman–Crippen MR) is 99.2 cm³/mol. The van der Waals surface area contributed by atoms with Crippen LogP contribution in [-0.2, 0) is 4.79 Å². The van der Waals surface area contributed by atoms with Crippen molar-refractivity contribution in [1.29, 1.82) is 0 Å². The fourth-order valence-corrected chi connectivity index (χ4v) is 3.77. The summed E-state index contributed by atoms with van der Waals surface area (Å²) in [6.07, 6.45) is 9.69. The van der Waals surface area contributed by atoms with Crippen LogP contribution >= 0.6 is 0 Å². The van der Waals surface area contributed by atoms with Gasteiger partial charge in [0.1, 0.15) is 5.82 Å². The third-order valence-corrected chi connectivity index (χ3v) is 5.30. The molecule has 3 rings (SSSR count). The summed E-state index contributed by atoms with van der Waals surface area (Å²) in [7, 11) is 0. The minimum atomic E-state index is -0.356. The van der Waals surface area contributed by atoms with Gasteiger partial charge in [0.2, 0.25) is 5.91 Å². The molecule has 1 atom stereocenters. The number of halogens is 1. The Morgan fingerprint density at radius 2 is 1.96 bits per heavy atom. The molecule has 0 aromatic heterocycles. The summed E-state index contributed by atoms with van der Waals surface area (Å²) in [4.78, 5) is 26.7. The maximum absolute atomic E-state index is 13.0. The molecule has 0 saturated carbocycles. The molecule has 1 heterocycles. The van der Waals surface area contributed by atoms with E-state index in [4.69, 9.17) is 0 Å². The number of carbonyl (C=O) groups is 2. The molecule has 0 bridgehead atoms. The van der Waals surface area contributed by atoms with Crippen molar-refractivity contribution in [2.45, 2.75) is 44.9 Å². The Hall–Kier alpha value is -2.17. The number of hydrogen-bond acceptors (Lipinski definition) is 2. The highest BCUT2D eigenvalue weighted by Gasteiger charge is 2.28. The van der Waals surface area contributed by atoms with Gasteiger partial charge in [0, 0.05) is 25.2 Å². The van der Waals surface area contributed by atoms with Gasteiger partial charge < -0.3 is 10.2 Å². The quantitative estimate of drug-likeness (QED) is 0.816. The number of rotatable bonds is 5. The summed E-state index contributed by atoms with van der Waals surface area (Å²) in [5.41, 5.74) is 1.92. The molecule has 1 aliphatic carbocycles. The Kier molecular flexibility index (Phi) is 6.42. The molecule has 2 aliphatic rings. The maximum Gasteiger partial charge on any atom is 0.253 e. The number of likely N-dealkylation sites (tertiary alicyclic amines) is 1. The zero-order chi connectivity index (χ0) is 18.4. The number of amides is 2. The highest BCUT2D eigenvalue weighted by molar-refractivity contribution is 5.94. The molecule has 140 valence electrons. The molecule has 1 aromatic rings. The molecule has 5 heteroatoms. The van der Waals surface area contributed by atoms with Crippen LogP contribution in [0, 0.1) is 11.7 Å². The summed E-state index contributed by atoms with van der Waals surface area (Å²) in [6, 6.07) is 5.58. The molecule has 1 aliphatic heterocycles. The van der Waals surface area contributed by atoms with Crippen LogP contribution in [0.15, 0.2) is 35.9 Å². The van der Waals surface area contributed by atoms with Crippen molar-refractivity contribution in [3.8, 4) is 0 Å². The zero-order valence-corrected chi connectivity index (χ0v) is 15.2. The Balaban J connectivity index is 1.49. The van der Waals surface area contributed by atoms with E-state index in [1.54, 1.807) is 4.90 Å². The van der Waals surface area contributed by atoms with Gasteiger partial charge in [-0.25, -0.2) is 4.39 Å². The number of hydrogen-bond donors (Lipinski definition) is 1. The average molecular weight is 358 g/mol. The fraction of sp³-hybridized carbons (Fsp3) is 0.524. The summed E-state index contributed by atoms with van der Waals surface area (Å²) < 4.78 is 13.0. The first kappa shape index (κ1) is 18.6. The lowest BCUT2D eigenvalue weighted by atomic mass is 9.95. The Bertz CT molecular complexity index is 669. The first-order chi connectivity index (χ1) is 12.6. The van der Waals surface area contributed by atoms with Gasteiger partial charge in [0.05, 0.1) is 5.92 Å². The number of nitrogens with zero attached hydrogens (tertiary/aromatic N) is 1. The lowest BCUT2D eigenvalue weighted by Crippen LogP contribution is -2.45. The van der Waals surface area contributed by atoms with Crippen LogP contribution in [0.2, 0.25) is 0 Å². The molecular weight excluding hydrogens is 331 g/mol. The van der Waals surface area contributed by atoms with E-state index < -0.39 is 0 Å². The normalized spacial score (nSPS) is 20.4. The Labute approximate surface area is 154 Å². The molecule has 0 radical (unpaired) electrons. The smallest absolute Gasteiger partial charge is 0.253 e. The number of piperidine rings is 1. The first-order valence-electron chi connectivity index (χ1n) is 9.64. The highest BCUT2D eigenvalue weighted by Crippen LogP contribution is 2.21. The summed E-state index contributed by atoms with van der Waals surface area (Å²) in [5, 5.41) is 3.04. The third-order valence-electron chi connectivity index (χ3n) is 5.30. The van der Waals surface area contributed by atoms with Crippen LogP contribution < -0.4 is 5.32 Å². The van der Waals surface area contributed by atoms with Gasteiger partial charge in [-0.1, -0.05) is 11.6 Å². The second kappa shape index (κ2) is 8.97. The second-order valence-electron chi connectivity index (χ2n) is 7.25. The molecule has 1 aromatic carbocycles. The topological polar surface area (TPSA) is 49.4 Å². The highest BCUT2D eigenvalue weighted by atomic mass is 19.1. The Morgan fingerprint density at radius 1 is 1.15 bits per heavy atom. The molecule has 26 heavy (non-hydrogen) atoms. The molecule has 2 amide bonds. The summed E-state index contributed by atoms with van der Waals surface area (Å²) in [5.74, 6) is -0.605. The zero-order valence-electron chi connectivity index (χ0n) is 15.2. The van der Waals surface area contributed by atoms with Gasteiger partial charge in [-0.2, -0.15) is 0 Å². The first-order valence-corrected chi connectivity index (χ1v) is 9.64.